The lowest BCUT2D eigenvalue weighted by Crippen LogP contribution is -2.37. The van der Waals surface area contributed by atoms with Crippen molar-refractivity contribution in [1.82, 2.24) is 0 Å². The van der Waals surface area contributed by atoms with Crippen molar-refractivity contribution in [2.75, 3.05) is 42.6 Å². The molecule has 1 amide bonds. The zero-order valence-corrected chi connectivity index (χ0v) is 14.4. The van der Waals surface area contributed by atoms with Crippen molar-refractivity contribution in [3.63, 3.8) is 0 Å². The molecule has 0 bridgehead atoms. The van der Waals surface area contributed by atoms with Crippen LogP contribution in [0.15, 0.2) is 18.2 Å². The molecule has 2 saturated heterocycles. The SMILES string of the molecule is C[C@H](C1CN(c2ccc(N3CCOCC3)c(F)c2)C(=O)O1)S(=O)(=O)O. The number of halogens is 1. The van der Waals surface area contributed by atoms with Gasteiger partial charge in [-0.05, 0) is 25.1 Å². The Kier molecular flexibility index (Phi) is 4.85. The van der Waals surface area contributed by atoms with Gasteiger partial charge < -0.3 is 14.4 Å². The third-order valence-electron chi connectivity index (χ3n) is 4.42. The summed E-state index contributed by atoms with van der Waals surface area (Å²) in [6.45, 7) is 3.37. The molecule has 2 atom stereocenters. The lowest BCUT2D eigenvalue weighted by molar-refractivity contribution is 0.122. The molecule has 0 radical (unpaired) electrons. The zero-order valence-electron chi connectivity index (χ0n) is 13.6. The van der Waals surface area contributed by atoms with Gasteiger partial charge in [-0.2, -0.15) is 8.42 Å². The van der Waals surface area contributed by atoms with Crippen LogP contribution in [0.4, 0.5) is 20.6 Å². The number of nitrogens with zero attached hydrogens (tertiary/aromatic N) is 2. The van der Waals surface area contributed by atoms with Gasteiger partial charge in [0.2, 0.25) is 0 Å². The van der Waals surface area contributed by atoms with Crippen molar-refractivity contribution in [3.8, 4) is 0 Å². The number of benzene rings is 1. The number of ether oxygens (including phenoxy) is 2. The Labute approximate surface area is 144 Å². The van der Waals surface area contributed by atoms with Crippen LogP contribution in [0.25, 0.3) is 0 Å². The van der Waals surface area contributed by atoms with Crippen LogP contribution < -0.4 is 9.80 Å². The average Bonchev–Trinajstić information content (AvgIpc) is 2.95. The minimum absolute atomic E-state index is 0.0872. The maximum Gasteiger partial charge on any atom is 0.414 e. The Balaban J connectivity index is 1.78. The van der Waals surface area contributed by atoms with Crippen LogP contribution in [0.3, 0.4) is 0 Å². The second kappa shape index (κ2) is 6.77. The van der Waals surface area contributed by atoms with E-state index in [2.05, 4.69) is 0 Å². The summed E-state index contributed by atoms with van der Waals surface area (Å²) in [5.41, 5.74) is 0.687. The Bertz CT molecular complexity index is 765. The summed E-state index contributed by atoms with van der Waals surface area (Å²) in [5.74, 6) is -0.488. The van der Waals surface area contributed by atoms with Gasteiger partial charge in [0.15, 0.2) is 0 Å². The van der Waals surface area contributed by atoms with E-state index in [4.69, 9.17) is 14.0 Å². The minimum Gasteiger partial charge on any atom is -0.442 e. The van der Waals surface area contributed by atoms with E-state index in [0.717, 1.165) is 4.90 Å². The van der Waals surface area contributed by atoms with Crippen molar-refractivity contribution in [1.29, 1.82) is 0 Å². The summed E-state index contributed by atoms with van der Waals surface area (Å²) < 4.78 is 56.2. The lowest BCUT2D eigenvalue weighted by atomic mass is 10.2. The lowest BCUT2D eigenvalue weighted by Gasteiger charge is -2.29. The number of amides is 1. The summed E-state index contributed by atoms with van der Waals surface area (Å²) in [6, 6.07) is 4.37. The smallest absolute Gasteiger partial charge is 0.414 e. The van der Waals surface area contributed by atoms with E-state index in [1.54, 1.807) is 12.1 Å². The first-order chi connectivity index (χ1) is 11.8. The molecule has 2 aliphatic heterocycles. The van der Waals surface area contributed by atoms with Crippen molar-refractivity contribution < 1.29 is 31.6 Å². The molecule has 2 aliphatic rings. The molecule has 0 aromatic heterocycles. The number of hydrogen-bond donors (Lipinski definition) is 1. The minimum atomic E-state index is -4.34. The van der Waals surface area contributed by atoms with Crippen LogP contribution in [0.1, 0.15) is 6.92 Å². The number of anilines is 2. The first-order valence-corrected chi connectivity index (χ1v) is 9.34. The Morgan fingerprint density at radius 2 is 2.00 bits per heavy atom. The number of morpholine rings is 1. The number of cyclic esters (lactones) is 1. The van der Waals surface area contributed by atoms with Crippen molar-refractivity contribution in [2.24, 2.45) is 0 Å². The van der Waals surface area contributed by atoms with Gasteiger partial charge in [-0.1, -0.05) is 0 Å². The first-order valence-electron chi connectivity index (χ1n) is 7.84. The maximum atomic E-state index is 14.5. The quantitative estimate of drug-likeness (QED) is 0.793. The predicted octanol–water partition coefficient (Wildman–Crippen LogP) is 1.26. The molecule has 0 saturated carbocycles. The standard InChI is InChI=1S/C15H19FN2O6S/c1-10(25(20,21)22)14-9-18(15(19)24-14)11-2-3-13(12(16)8-11)17-4-6-23-7-5-17/h2-3,8,10,14H,4-7,9H2,1H3,(H,20,21,22)/t10-,14?/m1/s1. The normalized spacial score (nSPS) is 22.8. The van der Waals surface area contributed by atoms with E-state index < -0.39 is 33.4 Å². The van der Waals surface area contributed by atoms with Crippen LogP contribution in [0.2, 0.25) is 0 Å². The third-order valence-corrected chi connectivity index (χ3v) is 5.67. The summed E-state index contributed by atoms with van der Waals surface area (Å²) in [6.07, 6.45) is -1.80. The van der Waals surface area contributed by atoms with Crippen LogP contribution in [0, 0.1) is 5.82 Å². The third kappa shape index (κ3) is 3.70. The highest BCUT2D eigenvalue weighted by atomic mass is 32.2. The van der Waals surface area contributed by atoms with Crippen LogP contribution >= 0.6 is 0 Å². The molecule has 138 valence electrons. The van der Waals surface area contributed by atoms with Gasteiger partial charge in [-0.15, -0.1) is 0 Å². The summed E-state index contributed by atoms with van der Waals surface area (Å²) >= 11 is 0. The average molecular weight is 374 g/mol. The fourth-order valence-electron chi connectivity index (χ4n) is 2.86. The fraction of sp³-hybridized carbons (Fsp3) is 0.533. The molecule has 25 heavy (non-hydrogen) atoms. The van der Waals surface area contributed by atoms with E-state index in [1.807, 2.05) is 4.90 Å². The molecule has 0 aliphatic carbocycles. The molecule has 0 spiro atoms. The summed E-state index contributed by atoms with van der Waals surface area (Å²) in [7, 11) is -4.34. The molecule has 8 nitrogen and oxygen atoms in total. The largest absolute Gasteiger partial charge is 0.442 e. The van der Waals surface area contributed by atoms with Gasteiger partial charge in [0, 0.05) is 13.1 Å². The van der Waals surface area contributed by atoms with E-state index >= 15 is 0 Å². The molecule has 3 rings (SSSR count). The van der Waals surface area contributed by atoms with Gasteiger partial charge in [0.25, 0.3) is 10.1 Å². The molecular weight excluding hydrogens is 355 g/mol. The summed E-state index contributed by atoms with van der Waals surface area (Å²) in [5, 5.41) is -1.26. The molecular formula is C15H19FN2O6S. The van der Waals surface area contributed by atoms with Crippen LogP contribution in [-0.4, -0.2) is 63.3 Å². The molecule has 1 aromatic carbocycles. The first kappa shape index (κ1) is 17.9. The molecule has 1 unspecified atom stereocenters. The highest BCUT2D eigenvalue weighted by molar-refractivity contribution is 7.86. The monoisotopic (exact) mass is 374 g/mol. The van der Waals surface area contributed by atoms with E-state index in [9.17, 15) is 17.6 Å². The summed E-state index contributed by atoms with van der Waals surface area (Å²) in [4.78, 5) is 15.0. The van der Waals surface area contributed by atoms with Gasteiger partial charge in [-0.25, -0.2) is 9.18 Å². The highest BCUT2D eigenvalue weighted by Crippen LogP contribution is 2.29. The number of carbonyl (C=O) groups excluding carboxylic acids is 1. The molecule has 1 aromatic rings. The van der Waals surface area contributed by atoms with E-state index in [0.29, 0.717) is 32.0 Å². The van der Waals surface area contributed by atoms with Gasteiger partial charge in [0.1, 0.15) is 17.2 Å². The second-order valence-corrected chi connectivity index (χ2v) is 7.76. The Morgan fingerprint density at radius 1 is 1.32 bits per heavy atom. The highest BCUT2D eigenvalue weighted by Gasteiger charge is 2.40. The van der Waals surface area contributed by atoms with E-state index in [-0.39, 0.29) is 12.2 Å². The van der Waals surface area contributed by atoms with Crippen molar-refractivity contribution >= 4 is 27.6 Å². The fourth-order valence-corrected chi connectivity index (χ4v) is 3.38. The molecule has 2 heterocycles. The van der Waals surface area contributed by atoms with Gasteiger partial charge in [-0.3, -0.25) is 9.45 Å². The molecule has 1 N–H and O–H groups in total. The maximum absolute atomic E-state index is 14.5. The number of carbonyl (C=O) groups is 1. The van der Waals surface area contributed by atoms with Gasteiger partial charge >= 0.3 is 6.09 Å². The predicted molar refractivity (Wildman–Crippen MR) is 88.1 cm³/mol. The Hall–Kier alpha value is -1.91. The topological polar surface area (TPSA) is 96.4 Å². The van der Waals surface area contributed by atoms with Gasteiger partial charge in [0.05, 0.1) is 31.1 Å². The molecule has 2 fully saturated rings. The number of hydrogen-bond acceptors (Lipinski definition) is 6. The second-order valence-electron chi connectivity index (χ2n) is 5.99. The Morgan fingerprint density at radius 3 is 2.60 bits per heavy atom. The van der Waals surface area contributed by atoms with E-state index in [1.165, 1.54) is 13.0 Å². The van der Waals surface area contributed by atoms with Crippen molar-refractivity contribution in [2.45, 2.75) is 18.3 Å². The zero-order chi connectivity index (χ0) is 18.2. The van der Waals surface area contributed by atoms with Crippen LogP contribution in [-0.2, 0) is 19.6 Å². The van der Waals surface area contributed by atoms with Crippen LogP contribution in [0.5, 0.6) is 0 Å². The number of rotatable bonds is 4. The molecule has 10 heteroatoms. The van der Waals surface area contributed by atoms with Crippen molar-refractivity contribution in [3.05, 3.63) is 24.0 Å².